The number of benzene rings is 3. The Bertz CT molecular complexity index is 1500. The molecule has 1 unspecified atom stereocenters. The zero-order valence-corrected chi connectivity index (χ0v) is 26.4. The highest BCUT2D eigenvalue weighted by molar-refractivity contribution is 7.90. The number of aliphatic hydroxyl groups is 1. The van der Waals surface area contributed by atoms with E-state index in [1.165, 1.54) is 0 Å². The van der Waals surface area contributed by atoms with Crippen LogP contribution < -0.4 is 10.1 Å². The molecular weight excluding hydrogens is 584 g/mol. The van der Waals surface area contributed by atoms with Gasteiger partial charge in [0.2, 0.25) is 0 Å². The number of para-hydroxylation sites is 1. The fraction of sp³-hybridized carbons (Fsp3) is 0.394. The summed E-state index contributed by atoms with van der Waals surface area (Å²) in [6, 6.07) is 21.7. The predicted molar refractivity (Wildman–Crippen MR) is 170 cm³/mol. The molecular formula is C33H42N2O8S. The number of nitrogens with one attached hydrogen (secondary N) is 1. The molecule has 3 atom stereocenters. The molecule has 1 amide bonds. The molecule has 3 N–H and O–H groups in total. The molecule has 1 saturated heterocycles. The van der Waals surface area contributed by atoms with Crippen molar-refractivity contribution in [3.05, 3.63) is 89.5 Å². The number of hydrogen-bond donors (Lipinski definition) is 3. The maximum absolute atomic E-state index is 13.4. The van der Waals surface area contributed by atoms with Crippen LogP contribution in [-0.4, -0.2) is 93.0 Å². The highest BCUT2D eigenvalue weighted by Gasteiger charge is 2.33. The van der Waals surface area contributed by atoms with Crippen LogP contribution in [0.15, 0.2) is 72.8 Å². The van der Waals surface area contributed by atoms with Crippen molar-refractivity contribution in [1.29, 1.82) is 0 Å². The number of carboxylic acid groups (broad SMARTS) is 1. The molecule has 1 heterocycles. The molecule has 1 aliphatic rings. The Morgan fingerprint density at radius 3 is 2.34 bits per heavy atom. The lowest BCUT2D eigenvalue weighted by molar-refractivity contribution is -0.139. The van der Waals surface area contributed by atoms with Gasteiger partial charge in [0, 0.05) is 45.2 Å². The standard InChI is InChI=1S/C32H38N2O7S.CH4O/c1-22-9-7-8-12-27(22)29-17-23(13-14-28(29)31(35)33-30(32(36)37)15-16-42(3,38)39)19-34-20-26(40-2)18-24(34)21-41-25-10-5-4-6-11-25;1-2/h4-14,17,24,26,30H,15-16,18-21H2,1-3H3,(H,33,35)(H,36,37);2H,1H3/t24-,26-,30?;/m0./s1. The largest absolute Gasteiger partial charge is 0.492 e. The van der Waals surface area contributed by atoms with Gasteiger partial charge in [-0.3, -0.25) is 9.69 Å². The maximum atomic E-state index is 13.4. The molecule has 1 fully saturated rings. The second-order valence-electron chi connectivity index (χ2n) is 10.8. The second-order valence-corrected chi connectivity index (χ2v) is 13.0. The monoisotopic (exact) mass is 626 g/mol. The molecule has 1 aliphatic heterocycles. The van der Waals surface area contributed by atoms with E-state index in [2.05, 4.69) is 10.2 Å². The third-order valence-corrected chi connectivity index (χ3v) is 8.52. The van der Waals surface area contributed by atoms with Crippen molar-refractivity contribution in [2.24, 2.45) is 0 Å². The predicted octanol–water partition coefficient (Wildman–Crippen LogP) is 3.56. The van der Waals surface area contributed by atoms with E-state index >= 15 is 0 Å². The highest BCUT2D eigenvalue weighted by Crippen LogP contribution is 2.30. The number of likely N-dealkylation sites (tertiary alicyclic amines) is 1. The van der Waals surface area contributed by atoms with E-state index in [0.717, 1.165) is 48.8 Å². The number of amides is 1. The van der Waals surface area contributed by atoms with Gasteiger partial charge in [-0.1, -0.05) is 48.5 Å². The fourth-order valence-corrected chi connectivity index (χ4v) is 5.89. The zero-order valence-electron chi connectivity index (χ0n) is 25.6. The van der Waals surface area contributed by atoms with Crippen molar-refractivity contribution in [2.45, 2.75) is 44.5 Å². The first-order chi connectivity index (χ1) is 21.0. The average Bonchev–Trinajstić information content (AvgIpc) is 3.40. The summed E-state index contributed by atoms with van der Waals surface area (Å²) in [5.41, 5.74) is 3.80. The fourth-order valence-electron chi connectivity index (χ4n) is 5.23. The van der Waals surface area contributed by atoms with Crippen molar-refractivity contribution in [3.8, 4) is 16.9 Å². The van der Waals surface area contributed by atoms with Crippen molar-refractivity contribution >= 4 is 21.7 Å². The van der Waals surface area contributed by atoms with Crippen molar-refractivity contribution < 1.29 is 37.7 Å². The third-order valence-electron chi connectivity index (χ3n) is 7.54. The summed E-state index contributed by atoms with van der Waals surface area (Å²) in [6.45, 7) is 3.81. The van der Waals surface area contributed by atoms with Crippen LogP contribution >= 0.6 is 0 Å². The lowest BCUT2D eigenvalue weighted by atomic mass is 9.93. The van der Waals surface area contributed by atoms with Gasteiger partial charge >= 0.3 is 5.97 Å². The number of aliphatic hydroxyl groups excluding tert-OH is 1. The summed E-state index contributed by atoms with van der Waals surface area (Å²) in [5.74, 6) is -1.39. The van der Waals surface area contributed by atoms with Crippen LogP contribution in [0.5, 0.6) is 5.75 Å². The summed E-state index contributed by atoms with van der Waals surface area (Å²) < 4.78 is 35.0. The maximum Gasteiger partial charge on any atom is 0.326 e. The topological polar surface area (TPSA) is 142 Å². The Morgan fingerprint density at radius 1 is 1.02 bits per heavy atom. The second kappa shape index (κ2) is 16.3. The van der Waals surface area contributed by atoms with Crippen LogP contribution in [0, 0.1) is 6.92 Å². The Kier molecular flexibility index (Phi) is 12.9. The molecule has 3 aromatic carbocycles. The van der Waals surface area contributed by atoms with E-state index in [1.807, 2.05) is 73.7 Å². The molecule has 0 bridgehead atoms. The minimum atomic E-state index is -3.39. The van der Waals surface area contributed by atoms with Crippen LogP contribution in [0.2, 0.25) is 0 Å². The van der Waals surface area contributed by atoms with Crippen LogP contribution in [0.25, 0.3) is 11.1 Å². The number of aryl methyl sites for hydroxylation is 1. The number of rotatable bonds is 13. The van der Waals surface area contributed by atoms with Gasteiger partial charge in [0.25, 0.3) is 5.91 Å². The van der Waals surface area contributed by atoms with Gasteiger partial charge in [-0.15, -0.1) is 0 Å². The number of nitrogens with zero attached hydrogens (tertiary/aromatic N) is 1. The SMILES string of the molecule is CO.CO[C@H]1C[C@@H](COc2ccccc2)N(Cc2ccc(C(=O)NC(CCS(C)(=O)=O)C(=O)O)c(-c3ccccc3C)c2)C1. The number of carbonyl (C=O) groups is 2. The van der Waals surface area contributed by atoms with Gasteiger partial charge in [-0.25, -0.2) is 13.2 Å². The first-order valence-electron chi connectivity index (χ1n) is 14.3. The number of methoxy groups -OCH3 is 1. The Balaban J connectivity index is 0.00000259. The van der Waals surface area contributed by atoms with Gasteiger partial charge in [0.15, 0.2) is 0 Å². The van der Waals surface area contributed by atoms with Gasteiger partial charge in [-0.05, 0) is 66.3 Å². The van der Waals surface area contributed by atoms with Crippen LogP contribution in [0.3, 0.4) is 0 Å². The molecule has 44 heavy (non-hydrogen) atoms. The van der Waals surface area contributed by atoms with Crippen LogP contribution in [-0.2, 0) is 25.9 Å². The van der Waals surface area contributed by atoms with Gasteiger partial charge in [-0.2, -0.15) is 0 Å². The zero-order chi connectivity index (χ0) is 32.3. The van der Waals surface area contributed by atoms with Crippen molar-refractivity contribution in [2.75, 3.05) is 39.4 Å². The number of hydrogen-bond acceptors (Lipinski definition) is 8. The molecule has 4 rings (SSSR count). The summed E-state index contributed by atoms with van der Waals surface area (Å²) in [7, 11) is -0.679. The molecule has 0 spiro atoms. The number of ether oxygens (including phenoxy) is 2. The minimum Gasteiger partial charge on any atom is -0.492 e. The lowest BCUT2D eigenvalue weighted by Gasteiger charge is -2.25. The Hall–Kier alpha value is -3.77. The van der Waals surface area contributed by atoms with Crippen LogP contribution in [0.1, 0.15) is 34.3 Å². The molecule has 11 heteroatoms. The lowest BCUT2D eigenvalue weighted by Crippen LogP contribution is -2.42. The highest BCUT2D eigenvalue weighted by atomic mass is 32.2. The van der Waals surface area contributed by atoms with Crippen molar-refractivity contribution in [3.63, 3.8) is 0 Å². The van der Waals surface area contributed by atoms with Crippen LogP contribution in [0.4, 0.5) is 0 Å². The Labute approximate surface area is 259 Å². The third kappa shape index (κ3) is 9.88. The molecule has 0 aliphatic carbocycles. The van der Waals surface area contributed by atoms with Gasteiger partial charge in [0.1, 0.15) is 28.2 Å². The van der Waals surface area contributed by atoms with E-state index in [-0.39, 0.29) is 24.3 Å². The summed E-state index contributed by atoms with van der Waals surface area (Å²) in [6.07, 6.45) is 1.73. The van der Waals surface area contributed by atoms with E-state index in [0.29, 0.717) is 24.3 Å². The van der Waals surface area contributed by atoms with Crippen molar-refractivity contribution in [1.82, 2.24) is 10.2 Å². The number of sulfone groups is 1. The average molecular weight is 627 g/mol. The van der Waals surface area contributed by atoms with Gasteiger partial charge < -0.3 is 25.0 Å². The molecule has 3 aromatic rings. The molecule has 238 valence electrons. The first kappa shape index (κ1) is 34.7. The number of carboxylic acids is 1. The molecule has 10 nitrogen and oxygen atoms in total. The Morgan fingerprint density at radius 2 is 1.70 bits per heavy atom. The normalized spacial score (nSPS) is 17.3. The van der Waals surface area contributed by atoms with E-state index < -0.39 is 27.8 Å². The molecule has 0 radical (unpaired) electrons. The van der Waals surface area contributed by atoms with E-state index in [1.54, 1.807) is 13.2 Å². The summed E-state index contributed by atoms with van der Waals surface area (Å²) >= 11 is 0. The molecule has 0 aromatic heterocycles. The minimum absolute atomic E-state index is 0.0788. The number of carbonyl (C=O) groups excluding carboxylic acids is 1. The van der Waals surface area contributed by atoms with E-state index in [9.17, 15) is 23.1 Å². The molecule has 0 saturated carbocycles. The van der Waals surface area contributed by atoms with E-state index in [4.69, 9.17) is 14.6 Å². The smallest absolute Gasteiger partial charge is 0.326 e. The summed E-state index contributed by atoms with van der Waals surface area (Å²) in [4.78, 5) is 27.6. The number of aliphatic carboxylic acids is 1. The summed E-state index contributed by atoms with van der Waals surface area (Å²) in [5, 5.41) is 19.2. The van der Waals surface area contributed by atoms with Gasteiger partial charge in [0.05, 0.1) is 11.9 Å². The quantitative estimate of drug-likeness (QED) is 0.260. The first-order valence-corrected chi connectivity index (χ1v) is 16.4.